The number of aromatic amines is 1. The van der Waals surface area contributed by atoms with E-state index < -0.39 is 0 Å². The van der Waals surface area contributed by atoms with E-state index in [9.17, 15) is 0 Å². The van der Waals surface area contributed by atoms with Crippen molar-refractivity contribution in [2.45, 2.75) is 105 Å². The van der Waals surface area contributed by atoms with E-state index in [1.165, 1.54) is 102 Å². The highest BCUT2D eigenvalue weighted by molar-refractivity contribution is 5.91. The van der Waals surface area contributed by atoms with Gasteiger partial charge < -0.3 is 10.7 Å². The van der Waals surface area contributed by atoms with Crippen molar-refractivity contribution in [1.29, 1.82) is 0 Å². The Morgan fingerprint density at radius 3 is 2.25 bits per heavy atom. The normalized spacial score (nSPS) is 14.0. The van der Waals surface area contributed by atoms with Gasteiger partial charge in [0.2, 0.25) is 0 Å². The Balaban J connectivity index is 0.000000555. The molecule has 0 fully saturated rings. The number of nitrogens with one attached hydrogen (secondary N) is 1. The summed E-state index contributed by atoms with van der Waals surface area (Å²) in [6.07, 6.45) is 21.3. The standard InChI is InChI=1S/C47H45N.C7H8.2C2H6.CH5N/c1-7-9-11-12-13-15-33-26-35(17-16-32(33)4)36-20-24-45-41(28-36)42-29-37(21-25-46(42)48-45)38-18-22-39-40-27-34(31(3)14-10-8-2)19-23-43(40)47(5,6)44(39)30-38;1-7-5-3-2-4-6-7;3*1-2/h1,8-9,11-13,16-19,21-23,25-27,29-30,36,48H,2-3,10,14-15,20,24,28H2,4-6H3;2-6H,1H3;2*1-2H3;2H2,1H3/b11-9-,13-12-;;;;. The lowest BCUT2D eigenvalue weighted by Gasteiger charge is -2.24. The van der Waals surface area contributed by atoms with E-state index in [-0.39, 0.29) is 5.41 Å². The largest absolute Gasteiger partial charge is 0.358 e. The summed E-state index contributed by atoms with van der Waals surface area (Å²) in [5.74, 6) is 3.06. The fraction of sp³-hybridized carbons (Fsp3) is 0.288. The molecule has 0 spiro atoms. The quantitative estimate of drug-likeness (QED) is 0.0853. The van der Waals surface area contributed by atoms with Crippen molar-refractivity contribution in [2.24, 2.45) is 5.73 Å². The van der Waals surface area contributed by atoms with Crippen molar-refractivity contribution in [3.63, 3.8) is 0 Å². The molecule has 0 aliphatic heterocycles. The van der Waals surface area contributed by atoms with Crippen molar-refractivity contribution in [3.8, 4) is 34.6 Å². The first-order chi connectivity index (χ1) is 29.7. The summed E-state index contributed by atoms with van der Waals surface area (Å²) in [5.41, 5.74) is 24.5. The third kappa shape index (κ3) is 11.3. The summed E-state index contributed by atoms with van der Waals surface area (Å²) in [7, 11) is 1.50. The van der Waals surface area contributed by atoms with Crippen LogP contribution in [0.25, 0.3) is 38.7 Å². The Kier molecular flexibility index (Phi) is 18.2. The molecule has 0 amide bonds. The molecular formula is C59H70N2. The number of allylic oxidation sites excluding steroid dienone is 6. The van der Waals surface area contributed by atoms with E-state index in [1.54, 1.807) is 6.08 Å². The van der Waals surface area contributed by atoms with Gasteiger partial charge in [-0.15, -0.1) is 13.0 Å². The second-order valence-electron chi connectivity index (χ2n) is 15.9. The van der Waals surface area contributed by atoms with Gasteiger partial charge in [0.25, 0.3) is 0 Å². The molecule has 2 heteroatoms. The van der Waals surface area contributed by atoms with E-state index in [1.807, 2.05) is 64.1 Å². The van der Waals surface area contributed by atoms with Crippen LogP contribution >= 0.6 is 0 Å². The highest BCUT2D eigenvalue weighted by atomic mass is 14.7. The molecule has 1 unspecified atom stereocenters. The second kappa shape index (κ2) is 23.2. The minimum atomic E-state index is -0.0622. The van der Waals surface area contributed by atoms with E-state index in [4.69, 9.17) is 6.42 Å². The number of rotatable bonds is 9. The summed E-state index contributed by atoms with van der Waals surface area (Å²) < 4.78 is 0. The summed E-state index contributed by atoms with van der Waals surface area (Å²) in [6, 6.07) is 38.4. The molecule has 2 aliphatic carbocycles. The molecule has 2 nitrogen and oxygen atoms in total. The summed E-state index contributed by atoms with van der Waals surface area (Å²) >= 11 is 0. The minimum Gasteiger partial charge on any atom is -0.358 e. The van der Waals surface area contributed by atoms with Crippen LogP contribution in [0.5, 0.6) is 0 Å². The fourth-order valence-corrected chi connectivity index (χ4v) is 8.54. The maximum Gasteiger partial charge on any atom is 0.0459 e. The Labute approximate surface area is 369 Å². The first-order valence-electron chi connectivity index (χ1n) is 22.4. The Hall–Kier alpha value is -5.88. The Morgan fingerprint density at radius 1 is 0.836 bits per heavy atom. The van der Waals surface area contributed by atoms with Crippen LogP contribution < -0.4 is 5.73 Å². The maximum absolute atomic E-state index is 5.34. The predicted octanol–water partition coefficient (Wildman–Crippen LogP) is 15.6. The maximum atomic E-state index is 5.34. The number of terminal acetylenes is 1. The highest BCUT2D eigenvalue weighted by Crippen LogP contribution is 2.50. The van der Waals surface area contributed by atoms with E-state index >= 15 is 0 Å². The molecule has 0 saturated carbocycles. The van der Waals surface area contributed by atoms with Crippen LogP contribution in [0.4, 0.5) is 0 Å². The van der Waals surface area contributed by atoms with E-state index in [2.05, 4.69) is 148 Å². The molecule has 2 aliphatic rings. The van der Waals surface area contributed by atoms with Gasteiger partial charge in [0, 0.05) is 22.0 Å². The first-order valence-corrected chi connectivity index (χ1v) is 22.4. The summed E-state index contributed by atoms with van der Waals surface area (Å²) in [6.45, 7) is 25.3. The molecule has 316 valence electrons. The average molecular weight is 807 g/mol. The molecule has 1 atom stereocenters. The third-order valence-electron chi connectivity index (χ3n) is 11.8. The summed E-state index contributed by atoms with van der Waals surface area (Å²) in [4.78, 5) is 3.78. The number of H-pyrrole nitrogens is 1. The van der Waals surface area contributed by atoms with Crippen molar-refractivity contribution in [3.05, 3.63) is 197 Å². The van der Waals surface area contributed by atoms with E-state index in [0.717, 1.165) is 32.1 Å². The number of aromatic nitrogens is 1. The van der Waals surface area contributed by atoms with Crippen molar-refractivity contribution in [1.82, 2.24) is 4.98 Å². The second-order valence-corrected chi connectivity index (χ2v) is 15.9. The van der Waals surface area contributed by atoms with Gasteiger partial charge in [0.15, 0.2) is 0 Å². The van der Waals surface area contributed by atoms with Crippen molar-refractivity contribution < 1.29 is 0 Å². The van der Waals surface area contributed by atoms with Gasteiger partial charge in [-0.2, -0.15) is 0 Å². The van der Waals surface area contributed by atoms with Crippen LogP contribution in [0.1, 0.15) is 117 Å². The molecule has 6 aromatic rings. The highest BCUT2D eigenvalue weighted by Gasteiger charge is 2.36. The minimum absolute atomic E-state index is 0.0622. The van der Waals surface area contributed by atoms with Crippen LogP contribution in [0, 0.1) is 26.2 Å². The number of aryl methyl sites for hydroxylation is 3. The van der Waals surface area contributed by atoms with E-state index in [0.29, 0.717) is 5.92 Å². The van der Waals surface area contributed by atoms with Crippen LogP contribution in [0.15, 0.2) is 147 Å². The molecule has 1 aromatic heterocycles. The van der Waals surface area contributed by atoms with Crippen molar-refractivity contribution in [2.75, 3.05) is 7.05 Å². The lowest BCUT2D eigenvalue weighted by Crippen LogP contribution is -2.15. The molecule has 0 bridgehead atoms. The van der Waals surface area contributed by atoms with Gasteiger partial charge in [0.1, 0.15) is 0 Å². The van der Waals surface area contributed by atoms with Crippen LogP contribution in [-0.4, -0.2) is 12.0 Å². The number of fused-ring (bicyclic) bond motifs is 6. The lowest BCUT2D eigenvalue weighted by molar-refractivity contribution is 0.581. The zero-order chi connectivity index (χ0) is 44.5. The molecule has 0 radical (unpaired) electrons. The molecule has 8 rings (SSSR count). The number of benzene rings is 5. The lowest BCUT2D eigenvalue weighted by atomic mass is 9.80. The number of hydrogen-bond acceptors (Lipinski definition) is 1. The van der Waals surface area contributed by atoms with Gasteiger partial charge in [-0.1, -0.05) is 163 Å². The number of hydrogen-bond donors (Lipinski definition) is 2. The van der Waals surface area contributed by atoms with Gasteiger partial charge >= 0.3 is 0 Å². The van der Waals surface area contributed by atoms with Gasteiger partial charge in [0.05, 0.1) is 0 Å². The Bertz CT molecular complexity index is 2480. The smallest absolute Gasteiger partial charge is 0.0459 e. The number of nitrogens with two attached hydrogens (primary N) is 1. The van der Waals surface area contributed by atoms with Gasteiger partial charge in [-0.3, -0.25) is 0 Å². The molecule has 5 aromatic carbocycles. The zero-order valence-corrected chi connectivity index (χ0v) is 38.6. The molecule has 61 heavy (non-hydrogen) atoms. The van der Waals surface area contributed by atoms with Gasteiger partial charge in [-0.25, -0.2) is 0 Å². The fourth-order valence-electron chi connectivity index (χ4n) is 8.54. The molecule has 3 N–H and O–H groups in total. The third-order valence-corrected chi connectivity index (χ3v) is 11.8. The SMILES string of the molecule is C#C/C=C\C=C/Cc1cc(C2CCc3[nH]c4ccc(-c5ccc6c(c5)C(C)(C)c5ccc(C(=C)CCC=C)cc5-6)cc4c3C2)ccc1C.CC.CC.CN.Cc1ccccc1. The summed E-state index contributed by atoms with van der Waals surface area (Å²) in [5, 5.41) is 1.37. The van der Waals surface area contributed by atoms with Crippen LogP contribution in [0.3, 0.4) is 0 Å². The van der Waals surface area contributed by atoms with Gasteiger partial charge in [-0.05, 0) is 162 Å². The molecule has 0 saturated heterocycles. The van der Waals surface area contributed by atoms with Crippen molar-refractivity contribution >= 4 is 16.5 Å². The topological polar surface area (TPSA) is 41.8 Å². The first kappa shape index (κ1) is 47.8. The molecule has 1 heterocycles. The Morgan fingerprint density at radius 2 is 1.56 bits per heavy atom. The monoisotopic (exact) mass is 807 g/mol. The van der Waals surface area contributed by atoms with Crippen LogP contribution in [-0.2, 0) is 24.7 Å². The average Bonchev–Trinajstić information content (AvgIpc) is 3.78. The zero-order valence-electron chi connectivity index (χ0n) is 38.6. The predicted molar refractivity (Wildman–Crippen MR) is 271 cm³/mol. The molecular weight excluding hydrogens is 737 g/mol. The van der Waals surface area contributed by atoms with Crippen LogP contribution in [0.2, 0.25) is 0 Å².